The summed E-state index contributed by atoms with van der Waals surface area (Å²) in [6, 6.07) is 1.48. The van der Waals surface area contributed by atoms with Gasteiger partial charge < -0.3 is 5.32 Å². The number of nitrogens with one attached hydrogen (secondary N) is 1. The van der Waals surface area contributed by atoms with E-state index >= 15 is 0 Å². The smallest absolute Gasteiger partial charge is 0.0304 e. The Morgan fingerprint density at radius 2 is 1.81 bits per heavy atom. The van der Waals surface area contributed by atoms with E-state index in [4.69, 9.17) is 0 Å². The van der Waals surface area contributed by atoms with Crippen LogP contribution in [-0.4, -0.2) is 35.6 Å². The molecule has 0 aromatic heterocycles. The summed E-state index contributed by atoms with van der Waals surface area (Å²) in [7, 11) is 0. The van der Waals surface area contributed by atoms with Crippen LogP contribution in [0.25, 0.3) is 0 Å². The molecule has 2 fully saturated rings. The average Bonchev–Trinajstić information content (AvgIpc) is 2.46. The van der Waals surface area contributed by atoms with Crippen molar-refractivity contribution < 1.29 is 0 Å². The number of hydrogen-bond acceptors (Lipinski definition) is 2. The number of hydrogen-bond donors (Lipinski definition) is 1. The normalized spacial score (nSPS) is 33.3. The predicted molar refractivity (Wildman–Crippen MR) is 92.7 cm³/mol. The van der Waals surface area contributed by atoms with Crippen LogP contribution < -0.4 is 5.32 Å². The molecule has 2 unspecified atom stereocenters. The topological polar surface area (TPSA) is 15.3 Å². The van der Waals surface area contributed by atoms with Gasteiger partial charge in [-0.15, -0.1) is 0 Å². The van der Waals surface area contributed by atoms with Gasteiger partial charge in [-0.05, 0) is 37.0 Å². The Morgan fingerprint density at radius 1 is 1.14 bits per heavy atom. The Kier molecular flexibility index (Phi) is 5.41. The van der Waals surface area contributed by atoms with E-state index in [0.29, 0.717) is 17.0 Å². The van der Waals surface area contributed by atoms with E-state index < -0.39 is 0 Å². The van der Waals surface area contributed by atoms with Gasteiger partial charge >= 0.3 is 0 Å². The van der Waals surface area contributed by atoms with E-state index in [2.05, 4.69) is 51.8 Å². The van der Waals surface area contributed by atoms with Gasteiger partial charge in [0.2, 0.25) is 0 Å². The van der Waals surface area contributed by atoms with Crippen molar-refractivity contribution in [2.45, 2.75) is 97.7 Å². The zero-order chi connectivity index (χ0) is 15.7. The lowest BCUT2D eigenvalue weighted by atomic mass is 9.70. The number of piperazine rings is 1. The van der Waals surface area contributed by atoms with Gasteiger partial charge in [0.05, 0.1) is 0 Å². The maximum atomic E-state index is 3.92. The van der Waals surface area contributed by atoms with Crippen molar-refractivity contribution in [2.24, 2.45) is 11.3 Å². The number of rotatable bonds is 4. The van der Waals surface area contributed by atoms with Gasteiger partial charge in [-0.2, -0.15) is 0 Å². The Morgan fingerprint density at radius 3 is 2.33 bits per heavy atom. The Labute approximate surface area is 133 Å². The molecule has 124 valence electrons. The van der Waals surface area contributed by atoms with E-state index in [1.807, 2.05) is 0 Å². The maximum Gasteiger partial charge on any atom is 0.0304 e. The summed E-state index contributed by atoms with van der Waals surface area (Å²) in [6.07, 6.45) is 8.15. The second-order valence-electron chi connectivity index (χ2n) is 8.60. The lowest BCUT2D eigenvalue weighted by molar-refractivity contribution is -0.0416. The van der Waals surface area contributed by atoms with Crippen molar-refractivity contribution in [2.75, 3.05) is 13.1 Å². The molecule has 0 aromatic rings. The van der Waals surface area contributed by atoms with E-state index in [1.165, 1.54) is 51.6 Å². The first-order chi connectivity index (χ1) is 9.85. The van der Waals surface area contributed by atoms with Crippen molar-refractivity contribution >= 4 is 0 Å². The summed E-state index contributed by atoms with van der Waals surface area (Å²) >= 11 is 0. The molecule has 1 aliphatic carbocycles. The van der Waals surface area contributed by atoms with Crippen molar-refractivity contribution in [3.05, 3.63) is 0 Å². The molecule has 0 bridgehead atoms. The fraction of sp³-hybridized carbons (Fsp3) is 1.00. The van der Waals surface area contributed by atoms with Crippen molar-refractivity contribution in [1.29, 1.82) is 0 Å². The molecule has 21 heavy (non-hydrogen) atoms. The molecule has 2 atom stereocenters. The molecule has 2 nitrogen and oxygen atoms in total. The van der Waals surface area contributed by atoms with Crippen LogP contribution in [0.2, 0.25) is 0 Å². The molecule has 2 aliphatic rings. The highest BCUT2D eigenvalue weighted by Crippen LogP contribution is 2.42. The number of nitrogens with zero attached hydrogens (tertiary/aromatic N) is 1. The molecule has 0 radical (unpaired) electrons. The second-order valence-corrected chi connectivity index (χ2v) is 8.60. The Hall–Kier alpha value is -0.0800. The van der Waals surface area contributed by atoms with Crippen LogP contribution in [0.5, 0.6) is 0 Å². The quantitative estimate of drug-likeness (QED) is 0.824. The molecule has 1 N–H and O–H groups in total. The minimum Gasteiger partial charge on any atom is -0.308 e. The van der Waals surface area contributed by atoms with Gasteiger partial charge in [-0.3, -0.25) is 4.90 Å². The fourth-order valence-electron chi connectivity index (χ4n) is 4.73. The largest absolute Gasteiger partial charge is 0.308 e. The molecule has 1 aliphatic heterocycles. The molecular weight excluding hydrogens is 256 g/mol. The van der Waals surface area contributed by atoms with E-state index in [0.717, 1.165) is 12.0 Å². The maximum absolute atomic E-state index is 3.92. The first kappa shape index (κ1) is 17.3. The third-order valence-corrected chi connectivity index (χ3v) is 6.57. The first-order valence-corrected chi connectivity index (χ1v) is 9.36. The first-order valence-electron chi connectivity index (χ1n) is 9.36. The third kappa shape index (κ3) is 3.47. The third-order valence-electron chi connectivity index (χ3n) is 6.57. The molecule has 0 amide bonds. The molecule has 1 saturated carbocycles. The summed E-state index contributed by atoms with van der Waals surface area (Å²) in [5, 5.41) is 3.92. The highest BCUT2D eigenvalue weighted by Gasteiger charge is 2.45. The minimum absolute atomic E-state index is 0.346. The lowest BCUT2D eigenvalue weighted by Gasteiger charge is -2.56. The van der Waals surface area contributed by atoms with Gasteiger partial charge in [0.15, 0.2) is 0 Å². The van der Waals surface area contributed by atoms with Crippen molar-refractivity contribution in [3.63, 3.8) is 0 Å². The molecule has 2 rings (SSSR count). The summed E-state index contributed by atoms with van der Waals surface area (Å²) < 4.78 is 0. The monoisotopic (exact) mass is 294 g/mol. The van der Waals surface area contributed by atoms with Crippen LogP contribution in [-0.2, 0) is 0 Å². The van der Waals surface area contributed by atoms with Crippen LogP contribution >= 0.6 is 0 Å². The van der Waals surface area contributed by atoms with E-state index in [-0.39, 0.29) is 0 Å². The summed E-state index contributed by atoms with van der Waals surface area (Å²) in [4.78, 5) is 2.92. The SMILES string of the molecule is CCC1(CC)CN(C2CCCCC2(C)C)C(C(C)C)CN1. The predicted octanol–water partition coefficient (Wildman–Crippen LogP) is 4.44. The van der Waals surface area contributed by atoms with Crippen LogP contribution in [0.1, 0.15) is 80.1 Å². The summed E-state index contributed by atoms with van der Waals surface area (Å²) in [5.74, 6) is 0.738. The molecular formula is C19H38N2. The van der Waals surface area contributed by atoms with Crippen molar-refractivity contribution in [1.82, 2.24) is 10.2 Å². The van der Waals surface area contributed by atoms with Crippen molar-refractivity contribution in [3.8, 4) is 0 Å². The lowest BCUT2D eigenvalue weighted by Crippen LogP contribution is -2.68. The second kappa shape index (κ2) is 6.58. The van der Waals surface area contributed by atoms with Crippen LogP contribution in [0.4, 0.5) is 0 Å². The Balaban J connectivity index is 2.25. The molecule has 1 saturated heterocycles. The van der Waals surface area contributed by atoms with Crippen LogP contribution in [0.3, 0.4) is 0 Å². The zero-order valence-electron chi connectivity index (χ0n) is 15.3. The zero-order valence-corrected chi connectivity index (χ0v) is 15.3. The standard InChI is InChI=1S/C19H38N2/c1-7-19(8-2)14-21(16(13-20-19)15(3)4)17-11-9-10-12-18(17,5)6/h15-17,20H,7-14H2,1-6H3. The molecule has 0 spiro atoms. The summed E-state index contributed by atoms with van der Waals surface area (Å²) in [6.45, 7) is 17.0. The van der Waals surface area contributed by atoms with Gasteiger partial charge in [0.1, 0.15) is 0 Å². The molecule has 1 heterocycles. The van der Waals surface area contributed by atoms with Gasteiger partial charge in [0, 0.05) is 30.7 Å². The Bertz CT molecular complexity index is 330. The van der Waals surface area contributed by atoms with Gasteiger partial charge in [0.25, 0.3) is 0 Å². The van der Waals surface area contributed by atoms with E-state index in [1.54, 1.807) is 0 Å². The molecule has 2 heteroatoms. The molecule has 0 aromatic carbocycles. The minimum atomic E-state index is 0.346. The van der Waals surface area contributed by atoms with Gasteiger partial charge in [-0.1, -0.05) is 54.4 Å². The van der Waals surface area contributed by atoms with Crippen LogP contribution in [0, 0.1) is 11.3 Å². The fourth-order valence-corrected chi connectivity index (χ4v) is 4.73. The van der Waals surface area contributed by atoms with E-state index in [9.17, 15) is 0 Å². The van der Waals surface area contributed by atoms with Gasteiger partial charge in [-0.25, -0.2) is 0 Å². The average molecular weight is 295 g/mol. The highest BCUT2D eigenvalue weighted by molar-refractivity contribution is 5.02. The highest BCUT2D eigenvalue weighted by atomic mass is 15.3. The summed E-state index contributed by atoms with van der Waals surface area (Å²) in [5.41, 5.74) is 0.828. The van der Waals surface area contributed by atoms with Crippen LogP contribution in [0.15, 0.2) is 0 Å².